The van der Waals surface area contributed by atoms with Crippen LogP contribution in [-0.4, -0.2) is 31.7 Å². The number of esters is 1. The van der Waals surface area contributed by atoms with Gasteiger partial charge in [0.15, 0.2) is 11.5 Å². The van der Waals surface area contributed by atoms with E-state index in [1.54, 1.807) is 25.1 Å². The molecule has 0 saturated heterocycles. The zero-order chi connectivity index (χ0) is 20.8. The van der Waals surface area contributed by atoms with Crippen molar-refractivity contribution in [3.05, 3.63) is 40.3 Å². The van der Waals surface area contributed by atoms with Gasteiger partial charge in [-0.3, -0.25) is 4.79 Å². The van der Waals surface area contributed by atoms with Crippen molar-refractivity contribution in [2.45, 2.75) is 46.0 Å². The highest BCUT2D eigenvalue weighted by atomic mass is 32.1. The predicted octanol–water partition coefficient (Wildman–Crippen LogP) is 5.24. The Bertz CT molecular complexity index is 872. The van der Waals surface area contributed by atoms with Gasteiger partial charge in [-0.1, -0.05) is 6.92 Å². The molecule has 0 spiro atoms. The Morgan fingerprint density at radius 2 is 1.90 bits per heavy atom. The summed E-state index contributed by atoms with van der Waals surface area (Å²) in [6.07, 6.45) is 3.01. The van der Waals surface area contributed by atoms with Crippen molar-refractivity contribution < 1.29 is 23.8 Å². The van der Waals surface area contributed by atoms with Gasteiger partial charge in [-0.15, -0.1) is 11.3 Å². The Morgan fingerprint density at radius 1 is 1.10 bits per heavy atom. The van der Waals surface area contributed by atoms with Crippen LogP contribution in [0.4, 0.5) is 5.00 Å². The first-order valence-corrected chi connectivity index (χ1v) is 11.0. The molecule has 3 rings (SSSR count). The van der Waals surface area contributed by atoms with Crippen LogP contribution in [0.5, 0.6) is 11.5 Å². The van der Waals surface area contributed by atoms with Gasteiger partial charge < -0.3 is 19.5 Å². The Hall–Kier alpha value is -2.54. The van der Waals surface area contributed by atoms with Crippen LogP contribution in [-0.2, 0) is 4.74 Å². The molecule has 0 radical (unpaired) electrons. The van der Waals surface area contributed by atoms with E-state index < -0.39 is 0 Å². The quantitative estimate of drug-likeness (QED) is 0.535. The lowest BCUT2D eigenvalue weighted by molar-refractivity contribution is 0.0527. The van der Waals surface area contributed by atoms with E-state index in [-0.39, 0.29) is 11.9 Å². The minimum atomic E-state index is -0.385. The zero-order valence-corrected chi connectivity index (χ0v) is 17.9. The maximum absolute atomic E-state index is 12.9. The highest BCUT2D eigenvalue weighted by Gasteiger charge is 2.32. The van der Waals surface area contributed by atoms with Crippen molar-refractivity contribution in [2.24, 2.45) is 0 Å². The fourth-order valence-corrected chi connectivity index (χ4v) is 4.02. The van der Waals surface area contributed by atoms with Crippen molar-refractivity contribution in [3.63, 3.8) is 0 Å². The van der Waals surface area contributed by atoms with Gasteiger partial charge in [0.1, 0.15) is 5.00 Å². The van der Waals surface area contributed by atoms with E-state index in [9.17, 15) is 9.59 Å². The van der Waals surface area contributed by atoms with Crippen molar-refractivity contribution in [2.75, 3.05) is 25.1 Å². The van der Waals surface area contributed by atoms with Crippen LogP contribution >= 0.6 is 11.3 Å². The molecule has 1 aliphatic carbocycles. The standard InChI is InChI=1S/C22H27NO5S/c1-4-11-28-17-10-9-15(12-18(17)26-5-2)20(24)23-21-19(22(25)27-6-3)16(13-29-21)14-7-8-14/h9-10,12-14H,4-8,11H2,1-3H3,(H,23,24). The minimum Gasteiger partial charge on any atom is -0.490 e. The molecule has 2 aromatic rings. The summed E-state index contributed by atoms with van der Waals surface area (Å²) in [7, 11) is 0. The lowest BCUT2D eigenvalue weighted by atomic mass is 10.1. The molecule has 0 aliphatic heterocycles. The van der Waals surface area contributed by atoms with Gasteiger partial charge in [-0.25, -0.2) is 4.79 Å². The molecule has 0 atom stereocenters. The summed E-state index contributed by atoms with van der Waals surface area (Å²) in [5, 5.41) is 5.36. The fourth-order valence-electron chi connectivity index (χ4n) is 3.00. The monoisotopic (exact) mass is 417 g/mol. The molecule has 1 aromatic carbocycles. The lowest BCUT2D eigenvalue weighted by Gasteiger charge is -2.13. The molecule has 1 aromatic heterocycles. The third kappa shape index (κ3) is 5.09. The highest BCUT2D eigenvalue weighted by molar-refractivity contribution is 7.15. The number of amides is 1. The zero-order valence-electron chi connectivity index (χ0n) is 17.1. The van der Waals surface area contributed by atoms with Crippen LogP contribution in [0.2, 0.25) is 0 Å². The second-order valence-corrected chi connectivity index (χ2v) is 7.67. The topological polar surface area (TPSA) is 73.9 Å². The fraction of sp³-hybridized carbons (Fsp3) is 0.455. The van der Waals surface area contributed by atoms with E-state index in [2.05, 4.69) is 5.32 Å². The van der Waals surface area contributed by atoms with Crippen molar-refractivity contribution in [1.82, 2.24) is 0 Å². The molecule has 1 aliphatic rings. The molecule has 1 N–H and O–H groups in total. The molecular weight excluding hydrogens is 390 g/mol. The van der Waals surface area contributed by atoms with E-state index in [1.165, 1.54) is 11.3 Å². The first-order chi connectivity index (χ1) is 14.1. The molecule has 1 heterocycles. The number of carbonyl (C=O) groups excluding carboxylic acids is 2. The van der Waals surface area contributed by atoms with Crippen LogP contribution in [0.3, 0.4) is 0 Å². The number of benzene rings is 1. The molecule has 156 valence electrons. The number of carbonyl (C=O) groups is 2. The SMILES string of the molecule is CCCOc1ccc(C(=O)Nc2scc(C3CC3)c2C(=O)OCC)cc1OCC. The first kappa shape index (κ1) is 21.2. The summed E-state index contributed by atoms with van der Waals surface area (Å²) in [5.74, 6) is 0.844. The van der Waals surface area contributed by atoms with Gasteiger partial charge in [0.05, 0.1) is 25.4 Å². The third-order valence-electron chi connectivity index (χ3n) is 4.51. The van der Waals surface area contributed by atoms with Crippen LogP contribution in [0, 0.1) is 0 Å². The summed E-state index contributed by atoms with van der Waals surface area (Å²) in [6, 6.07) is 5.11. The maximum Gasteiger partial charge on any atom is 0.341 e. The average Bonchev–Trinajstić information content (AvgIpc) is 3.47. The second-order valence-electron chi connectivity index (χ2n) is 6.79. The van der Waals surface area contributed by atoms with E-state index in [0.717, 1.165) is 24.8 Å². The summed E-state index contributed by atoms with van der Waals surface area (Å²) < 4.78 is 16.5. The van der Waals surface area contributed by atoms with Crippen molar-refractivity contribution in [1.29, 1.82) is 0 Å². The van der Waals surface area contributed by atoms with E-state index >= 15 is 0 Å². The maximum atomic E-state index is 12.9. The van der Waals surface area contributed by atoms with Gasteiger partial charge in [0.2, 0.25) is 0 Å². The molecule has 0 bridgehead atoms. The van der Waals surface area contributed by atoms with Crippen LogP contribution in [0.1, 0.15) is 72.2 Å². The van der Waals surface area contributed by atoms with Crippen LogP contribution in [0.15, 0.2) is 23.6 Å². The summed E-state index contributed by atoms with van der Waals surface area (Å²) in [5.41, 5.74) is 1.90. The number of hydrogen-bond donors (Lipinski definition) is 1. The molecular formula is C22H27NO5S. The van der Waals surface area contributed by atoms with Gasteiger partial charge in [0.25, 0.3) is 5.91 Å². The smallest absolute Gasteiger partial charge is 0.341 e. The highest BCUT2D eigenvalue weighted by Crippen LogP contribution is 2.46. The van der Waals surface area contributed by atoms with Crippen LogP contribution < -0.4 is 14.8 Å². The Labute approximate surface area is 175 Å². The Kier molecular flexibility index (Phi) is 7.14. The number of nitrogens with one attached hydrogen (secondary N) is 1. The predicted molar refractivity (Wildman–Crippen MR) is 114 cm³/mol. The third-order valence-corrected chi connectivity index (χ3v) is 5.42. The minimum absolute atomic E-state index is 0.295. The molecule has 1 saturated carbocycles. The molecule has 29 heavy (non-hydrogen) atoms. The van der Waals surface area contributed by atoms with Gasteiger partial charge >= 0.3 is 5.97 Å². The Balaban J connectivity index is 1.83. The summed E-state index contributed by atoms with van der Waals surface area (Å²) in [6.45, 7) is 7.02. The number of rotatable bonds is 10. The average molecular weight is 418 g/mol. The lowest BCUT2D eigenvalue weighted by Crippen LogP contribution is -2.15. The first-order valence-electron chi connectivity index (χ1n) is 10.1. The largest absolute Gasteiger partial charge is 0.490 e. The van der Waals surface area contributed by atoms with Crippen molar-refractivity contribution in [3.8, 4) is 11.5 Å². The number of hydrogen-bond acceptors (Lipinski definition) is 6. The van der Waals surface area contributed by atoms with Gasteiger partial charge in [0, 0.05) is 5.56 Å². The van der Waals surface area contributed by atoms with Gasteiger partial charge in [-0.05, 0) is 68.2 Å². The number of anilines is 1. The summed E-state index contributed by atoms with van der Waals surface area (Å²) >= 11 is 1.36. The van der Waals surface area contributed by atoms with Crippen LogP contribution in [0.25, 0.3) is 0 Å². The van der Waals surface area contributed by atoms with Gasteiger partial charge in [-0.2, -0.15) is 0 Å². The molecule has 1 fully saturated rings. The van der Waals surface area contributed by atoms with E-state index in [1.807, 2.05) is 19.2 Å². The summed E-state index contributed by atoms with van der Waals surface area (Å²) in [4.78, 5) is 25.3. The van der Waals surface area contributed by atoms with E-state index in [4.69, 9.17) is 14.2 Å². The van der Waals surface area contributed by atoms with Crippen molar-refractivity contribution >= 4 is 28.2 Å². The molecule has 0 unspecified atom stereocenters. The molecule has 7 heteroatoms. The number of ether oxygens (including phenoxy) is 3. The number of thiophene rings is 1. The van der Waals surface area contributed by atoms with E-state index in [0.29, 0.717) is 53.4 Å². The second kappa shape index (κ2) is 9.78. The Morgan fingerprint density at radius 3 is 2.55 bits per heavy atom. The molecule has 1 amide bonds. The molecule has 6 nitrogen and oxygen atoms in total. The normalized spacial score (nSPS) is 13.1.